The van der Waals surface area contributed by atoms with Gasteiger partial charge in [0, 0.05) is 5.92 Å². The average Bonchev–Trinajstić information content (AvgIpc) is 2.95. The fourth-order valence-electron chi connectivity index (χ4n) is 3.31. The maximum absolute atomic E-state index is 11.5. The van der Waals surface area contributed by atoms with Gasteiger partial charge in [-0.05, 0) is 43.9 Å². The first-order valence-corrected chi connectivity index (χ1v) is 7.84. The molecule has 0 aliphatic heterocycles. The molecule has 1 heterocycles. The van der Waals surface area contributed by atoms with E-state index in [0.29, 0.717) is 0 Å². The number of carboxylic acids is 1. The number of nitrogens with zero attached hydrogens (tertiary/aromatic N) is 3. The lowest BCUT2D eigenvalue weighted by atomic mass is 9.86. The van der Waals surface area contributed by atoms with E-state index in [4.69, 9.17) is 0 Å². The number of carboxylic acid groups (broad SMARTS) is 1. The lowest BCUT2D eigenvalue weighted by Gasteiger charge is -2.23. The molecule has 1 fully saturated rings. The maximum Gasteiger partial charge on any atom is 0.358 e. The quantitative estimate of drug-likeness (QED) is 0.939. The predicted octanol–water partition coefficient (Wildman–Crippen LogP) is 3.63. The monoisotopic (exact) mass is 299 g/mol. The Morgan fingerprint density at radius 1 is 1.23 bits per heavy atom. The van der Waals surface area contributed by atoms with Crippen molar-refractivity contribution in [1.29, 1.82) is 0 Å². The molecule has 22 heavy (non-hydrogen) atoms. The Morgan fingerprint density at radius 3 is 2.64 bits per heavy atom. The van der Waals surface area contributed by atoms with E-state index in [1.807, 2.05) is 32.0 Å². The highest BCUT2D eigenvalue weighted by Crippen LogP contribution is 2.35. The van der Waals surface area contributed by atoms with Gasteiger partial charge in [-0.2, -0.15) is 0 Å². The van der Waals surface area contributed by atoms with Gasteiger partial charge < -0.3 is 5.11 Å². The second kappa shape index (κ2) is 5.91. The molecule has 116 valence electrons. The van der Waals surface area contributed by atoms with Crippen LogP contribution in [0.25, 0.3) is 5.69 Å². The summed E-state index contributed by atoms with van der Waals surface area (Å²) in [5, 5.41) is 17.6. The van der Waals surface area contributed by atoms with Crippen molar-refractivity contribution in [3.8, 4) is 5.69 Å². The number of aryl methyl sites for hydroxylation is 2. The van der Waals surface area contributed by atoms with Gasteiger partial charge in [0.2, 0.25) is 0 Å². The zero-order chi connectivity index (χ0) is 15.7. The van der Waals surface area contributed by atoms with Gasteiger partial charge in [-0.15, -0.1) is 5.10 Å². The highest BCUT2D eigenvalue weighted by molar-refractivity contribution is 5.86. The van der Waals surface area contributed by atoms with Crippen molar-refractivity contribution < 1.29 is 9.90 Å². The van der Waals surface area contributed by atoms with E-state index in [0.717, 1.165) is 48.2 Å². The summed E-state index contributed by atoms with van der Waals surface area (Å²) in [6, 6.07) is 6.13. The van der Waals surface area contributed by atoms with E-state index in [9.17, 15) is 9.90 Å². The van der Waals surface area contributed by atoms with Crippen molar-refractivity contribution >= 4 is 5.97 Å². The van der Waals surface area contributed by atoms with E-state index >= 15 is 0 Å². The fourth-order valence-corrected chi connectivity index (χ4v) is 3.31. The summed E-state index contributed by atoms with van der Waals surface area (Å²) in [6.07, 6.45) is 5.53. The molecule has 1 saturated carbocycles. The molecule has 3 rings (SSSR count). The average molecular weight is 299 g/mol. The standard InChI is InChI=1S/C17H21N3O2/c1-11-8-9-12(2)14(10-11)20-16(13-6-4-3-5-7-13)15(17(21)22)18-19-20/h8-10,13H,3-7H2,1-2H3,(H,21,22). The summed E-state index contributed by atoms with van der Waals surface area (Å²) in [6.45, 7) is 4.04. The summed E-state index contributed by atoms with van der Waals surface area (Å²) in [7, 11) is 0. The van der Waals surface area contributed by atoms with Crippen molar-refractivity contribution in [3.63, 3.8) is 0 Å². The van der Waals surface area contributed by atoms with Crippen LogP contribution in [-0.2, 0) is 0 Å². The van der Waals surface area contributed by atoms with Gasteiger partial charge >= 0.3 is 5.97 Å². The fraction of sp³-hybridized carbons (Fsp3) is 0.471. The van der Waals surface area contributed by atoms with Gasteiger partial charge in [-0.25, -0.2) is 9.48 Å². The largest absolute Gasteiger partial charge is 0.476 e. The molecule has 0 atom stereocenters. The van der Waals surface area contributed by atoms with Gasteiger partial charge in [0.05, 0.1) is 11.4 Å². The molecule has 0 saturated heterocycles. The predicted molar refractivity (Wildman–Crippen MR) is 83.6 cm³/mol. The van der Waals surface area contributed by atoms with E-state index in [-0.39, 0.29) is 11.6 Å². The Balaban J connectivity index is 2.15. The normalized spacial score (nSPS) is 15.9. The Bertz CT molecular complexity index is 700. The molecule has 5 nitrogen and oxygen atoms in total. The molecule has 0 spiro atoms. The lowest BCUT2D eigenvalue weighted by Crippen LogP contribution is -2.15. The third-order valence-corrected chi connectivity index (χ3v) is 4.49. The zero-order valence-corrected chi connectivity index (χ0v) is 13.0. The van der Waals surface area contributed by atoms with Crippen LogP contribution in [0.1, 0.15) is 65.3 Å². The van der Waals surface area contributed by atoms with E-state index < -0.39 is 5.97 Å². The van der Waals surface area contributed by atoms with Crippen LogP contribution in [0.5, 0.6) is 0 Å². The summed E-state index contributed by atoms with van der Waals surface area (Å²) < 4.78 is 1.75. The summed E-state index contributed by atoms with van der Waals surface area (Å²) in [4.78, 5) is 11.5. The highest BCUT2D eigenvalue weighted by atomic mass is 16.4. The molecule has 1 aliphatic rings. The number of rotatable bonds is 3. The first-order valence-electron chi connectivity index (χ1n) is 7.84. The van der Waals surface area contributed by atoms with Crippen LogP contribution in [-0.4, -0.2) is 26.1 Å². The molecule has 5 heteroatoms. The number of aromatic nitrogens is 3. The van der Waals surface area contributed by atoms with E-state index in [1.165, 1.54) is 6.42 Å². The smallest absolute Gasteiger partial charge is 0.358 e. The van der Waals surface area contributed by atoms with E-state index in [2.05, 4.69) is 10.3 Å². The molecular formula is C17H21N3O2. The van der Waals surface area contributed by atoms with Gasteiger partial charge in [-0.3, -0.25) is 0 Å². The minimum Gasteiger partial charge on any atom is -0.476 e. The minimum absolute atomic E-state index is 0.104. The van der Waals surface area contributed by atoms with Crippen LogP contribution in [0.15, 0.2) is 18.2 Å². The molecule has 0 bridgehead atoms. The van der Waals surface area contributed by atoms with Gasteiger partial charge in [0.25, 0.3) is 0 Å². The highest BCUT2D eigenvalue weighted by Gasteiger charge is 2.28. The van der Waals surface area contributed by atoms with Crippen LogP contribution >= 0.6 is 0 Å². The summed E-state index contributed by atoms with van der Waals surface area (Å²) >= 11 is 0. The SMILES string of the molecule is Cc1ccc(C)c(-n2nnc(C(=O)O)c2C2CCCCC2)c1. The number of benzene rings is 1. The van der Waals surface area contributed by atoms with Crippen LogP contribution < -0.4 is 0 Å². The Kier molecular flexibility index (Phi) is 3.96. The van der Waals surface area contributed by atoms with Gasteiger partial charge in [0.15, 0.2) is 5.69 Å². The van der Waals surface area contributed by atoms with E-state index in [1.54, 1.807) is 4.68 Å². The summed E-state index contributed by atoms with van der Waals surface area (Å²) in [5.74, 6) is -0.758. The second-order valence-corrected chi connectivity index (χ2v) is 6.17. The van der Waals surface area contributed by atoms with Gasteiger partial charge in [-0.1, -0.05) is 36.6 Å². The molecule has 1 N–H and O–H groups in total. The molecule has 1 aromatic heterocycles. The van der Waals surface area contributed by atoms with Crippen molar-refractivity contribution in [2.75, 3.05) is 0 Å². The lowest BCUT2D eigenvalue weighted by molar-refractivity contribution is 0.0688. The summed E-state index contributed by atoms with van der Waals surface area (Å²) in [5.41, 5.74) is 4.00. The van der Waals surface area contributed by atoms with Gasteiger partial charge in [0.1, 0.15) is 0 Å². The third-order valence-electron chi connectivity index (χ3n) is 4.49. The molecule has 0 radical (unpaired) electrons. The zero-order valence-electron chi connectivity index (χ0n) is 13.0. The third kappa shape index (κ3) is 2.63. The van der Waals surface area contributed by atoms with Crippen molar-refractivity contribution in [3.05, 3.63) is 40.7 Å². The van der Waals surface area contributed by atoms with Crippen molar-refractivity contribution in [1.82, 2.24) is 15.0 Å². The number of hydrogen-bond acceptors (Lipinski definition) is 3. The number of carbonyl (C=O) groups is 1. The Hall–Kier alpha value is -2.17. The number of aromatic carboxylic acids is 1. The first kappa shape index (κ1) is 14.8. The first-order chi connectivity index (χ1) is 10.6. The van der Waals surface area contributed by atoms with Crippen molar-refractivity contribution in [2.45, 2.75) is 51.9 Å². The van der Waals surface area contributed by atoms with Crippen LogP contribution in [0.3, 0.4) is 0 Å². The number of hydrogen-bond donors (Lipinski definition) is 1. The maximum atomic E-state index is 11.5. The van der Waals surface area contributed by atoms with Crippen LogP contribution in [0, 0.1) is 13.8 Å². The Labute approximate surface area is 130 Å². The molecular weight excluding hydrogens is 278 g/mol. The van der Waals surface area contributed by atoms with Crippen LogP contribution in [0.4, 0.5) is 0 Å². The topological polar surface area (TPSA) is 68.0 Å². The molecule has 1 aliphatic carbocycles. The van der Waals surface area contributed by atoms with Crippen molar-refractivity contribution in [2.24, 2.45) is 0 Å². The minimum atomic E-state index is -0.989. The molecule has 1 aromatic carbocycles. The Morgan fingerprint density at radius 2 is 1.95 bits per heavy atom. The molecule has 2 aromatic rings. The molecule has 0 unspecified atom stereocenters. The van der Waals surface area contributed by atoms with Crippen LogP contribution in [0.2, 0.25) is 0 Å². The molecule has 0 amide bonds. The second-order valence-electron chi connectivity index (χ2n) is 6.17.